The van der Waals surface area contributed by atoms with Crippen LogP contribution in [0.3, 0.4) is 0 Å². The van der Waals surface area contributed by atoms with Gasteiger partial charge in [-0.1, -0.05) is 22.9 Å². The first-order chi connectivity index (χ1) is 9.55. The lowest BCUT2D eigenvalue weighted by atomic mass is 9.92. The second-order valence-electron chi connectivity index (χ2n) is 7.57. The Labute approximate surface area is 120 Å². The molecule has 3 fully saturated rings. The van der Waals surface area contributed by atoms with Gasteiger partial charge in [-0.25, -0.2) is 0 Å². The molecule has 3 aliphatic carbocycles. The Kier molecular flexibility index (Phi) is 1.69. The van der Waals surface area contributed by atoms with Gasteiger partial charge in [0, 0.05) is 22.8 Å². The fourth-order valence-corrected chi connectivity index (χ4v) is 5.62. The Bertz CT molecular complexity index is 636. The summed E-state index contributed by atoms with van der Waals surface area (Å²) in [5, 5.41) is 4.56. The Morgan fingerprint density at radius 1 is 0.950 bits per heavy atom. The van der Waals surface area contributed by atoms with Crippen LogP contribution < -0.4 is 0 Å². The van der Waals surface area contributed by atoms with Gasteiger partial charge in [0.25, 0.3) is 0 Å². The maximum atomic E-state index is 6.10. The van der Waals surface area contributed by atoms with Crippen LogP contribution in [-0.4, -0.2) is 11.3 Å². The molecule has 1 aliphatic heterocycles. The van der Waals surface area contributed by atoms with E-state index in [1.54, 1.807) is 0 Å². The topological polar surface area (TPSA) is 21.6 Å². The molecule has 0 atom stereocenters. The summed E-state index contributed by atoms with van der Waals surface area (Å²) in [6.45, 7) is 6.57. The quantitative estimate of drug-likeness (QED) is 0.752. The SMILES string of the molecule is Cc1cc(C)c(C2=NOC3(C2)C2(CC2)C32CC2)c(C)c1. The number of aryl methyl sites for hydroxylation is 3. The molecule has 0 unspecified atom stereocenters. The van der Waals surface area contributed by atoms with Gasteiger partial charge in [-0.05, 0) is 57.6 Å². The molecule has 4 aliphatic rings. The van der Waals surface area contributed by atoms with Crippen molar-refractivity contribution >= 4 is 5.71 Å². The minimum atomic E-state index is 0.110. The third-order valence-electron chi connectivity index (χ3n) is 6.59. The molecular weight excluding hydrogens is 246 g/mol. The summed E-state index contributed by atoms with van der Waals surface area (Å²) in [4.78, 5) is 6.10. The Morgan fingerprint density at radius 3 is 2.00 bits per heavy atom. The van der Waals surface area contributed by atoms with Gasteiger partial charge in [0.2, 0.25) is 0 Å². The van der Waals surface area contributed by atoms with Crippen LogP contribution in [0.2, 0.25) is 0 Å². The van der Waals surface area contributed by atoms with Crippen molar-refractivity contribution in [1.29, 1.82) is 0 Å². The van der Waals surface area contributed by atoms with Crippen molar-refractivity contribution < 1.29 is 4.84 Å². The van der Waals surface area contributed by atoms with Crippen molar-refractivity contribution in [2.75, 3.05) is 0 Å². The third kappa shape index (κ3) is 0.982. The van der Waals surface area contributed by atoms with Crippen LogP contribution >= 0.6 is 0 Å². The van der Waals surface area contributed by atoms with E-state index in [1.807, 2.05) is 0 Å². The number of hydrogen-bond acceptors (Lipinski definition) is 2. The summed E-state index contributed by atoms with van der Waals surface area (Å²) < 4.78 is 0. The molecular formula is C18H21NO. The smallest absolute Gasteiger partial charge is 0.155 e. The van der Waals surface area contributed by atoms with Crippen molar-refractivity contribution in [3.05, 3.63) is 34.4 Å². The molecule has 3 saturated carbocycles. The average Bonchev–Trinajstić information content (AvgIpc) is 3.29. The molecule has 104 valence electrons. The summed E-state index contributed by atoms with van der Waals surface area (Å²) >= 11 is 0. The van der Waals surface area contributed by atoms with E-state index in [4.69, 9.17) is 4.84 Å². The third-order valence-corrected chi connectivity index (χ3v) is 6.59. The first-order valence-electron chi connectivity index (χ1n) is 7.89. The van der Waals surface area contributed by atoms with Gasteiger partial charge in [-0.2, -0.15) is 0 Å². The second kappa shape index (κ2) is 2.98. The minimum absolute atomic E-state index is 0.110. The van der Waals surface area contributed by atoms with Crippen LogP contribution in [0.15, 0.2) is 17.3 Å². The number of hydrogen-bond donors (Lipinski definition) is 0. The lowest BCUT2D eigenvalue weighted by molar-refractivity contribution is 0.0355. The largest absolute Gasteiger partial charge is 0.387 e. The van der Waals surface area contributed by atoms with E-state index in [0.29, 0.717) is 10.8 Å². The fraction of sp³-hybridized carbons (Fsp3) is 0.611. The van der Waals surface area contributed by atoms with Crippen molar-refractivity contribution in [3.8, 4) is 0 Å². The first-order valence-corrected chi connectivity index (χ1v) is 7.89. The van der Waals surface area contributed by atoms with E-state index < -0.39 is 0 Å². The molecule has 2 heteroatoms. The lowest BCUT2D eigenvalue weighted by Gasteiger charge is -2.11. The van der Waals surface area contributed by atoms with E-state index in [0.717, 1.165) is 6.42 Å². The number of fused-ring (bicyclic) bond motifs is 3. The Balaban J connectivity index is 1.53. The molecule has 0 aromatic heterocycles. The molecule has 5 rings (SSSR count). The number of oxime groups is 1. The summed E-state index contributed by atoms with van der Waals surface area (Å²) in [6.07, 6.45) is 6.56. The second-order valence-corrected chi connectivity index (χ2v) is 7.57. The normalized spacial score (nSPS) is 28.6. The van der Waals surface area contributed by atoms with Gasteiger partial charge < -0.3 is 4.84 Å². The monoisotopic (exact) mass is 267 g/mol. The van der Waals surface area contributed by atoms with Gasteiger partial charge in [0.05, 0.1) is 5.71 Å². The molecule has 1 heterocycles. The van der Waals surface area contributed by atoms with Crippen molar-refractivity contribution in [2.24, 2.45) is 16.0 Å². The summed E-state index contributed by atoms with van der Waals surface area (Å²) in [5.41, 5.74) is 7.76. The van der Waals surface area contributed by atoms with Crippen molar-refractivity contribution in [2.45, 2.75) is 58.5 Å². The summed E-state index contributed by atoms with van der Waals surface area (Å²) in [5.74, 6) is 0. The van der Waals surface area contributed by atoms with Crippen LogP contribution in [0.4, 0.5) is 0 Å². The van der Waals surface area contributed by atoms with Gasteiger partial charge in [-0.3, -0.25) is 0 Å². The molecule has 0 saturated heterocycles. The van der Waals surface area contributed by atoms with Crippen molar-refractivity contribution in [1.82, 2.24) is 0 Å². The zero-order valence-electron chi connectivity index (χ0n) is 12.5. The van der Waals surface area contributed by atoms with Gasteiger partial charge in [0.1, 0.15) is 0 Å². The van der Waals surface area contributed by atoms with Gasteiger partial charge >= 0.3 is 0 Å². The highest BCUT2D eigenvalue weighted by atomic mass is 16.7. The molecule has 1 aromatic rings. The molecule has 2 nitrogen and oxygen atoms in total. The molecule has 0 amide bonds. The van der Waals surface area contributed by atoms with E-state index in [-0.39, 0.29) is 5.60 Å². The molecule has 0 radical (unpaired) electrons. The predicted molar refractivity (Wildman–Crippen MR) is 79.0 cm³/mol. The highest BCUT2D eigenvalue weighted by molar-refractivity contribution is 6.05. The zero-order chi connectivity index (χ0) is 13.8. The lowest BCUT2D eigenvalue weighted by Crippen LogP contribution is -2.16. The van der Waals surface area contributed by atoms with Crippen LogP contribution in [0.25, 0.3) is 0 Å². The molecule has 3 spiro atoms. The highest BCUT2D eigenvalue weighted by Gasteiger charge is 2.99. The Morgan fingerprint density at radius 2 is 1.50 bits per heavy atom. The molecule has 0 N–H and O–H groups in total. The zero-order valence-corrected chi connectivity index (χ0v) is 12.5. The van der Waals surface area contributed by atoms with Gasteiger partial charge in [-0.15, -0.1) is 0 Å². The van der Waals surface area contributed by atoms with Crippen molar-refractivity contribution in [3.63, 3.8) is 0 Å². The highest BCUT2D eigenvalue weighted by Crippen LogP contribution is 2.96. The van der Waals surface area contributed by atoms with E-state index in [9.17, 15) is 0 Å². The maximum Gasteiger partial charge on any atom is 0.155 e. The number of rotatable bonds is 1. The van der Waals surface area contributed by atoms with E-state index >= 15 is 0 Å². The fourth-order valence-electron chi connectivity index (χ4n) is 5.62. The summed E-state index contributed by atoms with van der Waals surface area (Å²) in [6, 6.07) is 4.53. The van der Waals surface area contributed by atoms with Crippen LogP contribution in [-0.2, 0) is 4.84 Å². The predicted octanol–water partition coefficient (Wildman–Crippen LogP) is 4.05. The maximum absolute atomic E-state index is 6.10. The summed E-state index contributed by atoms with van der Waals surface area (Å²) in [7, 11) is 0. The standard InChI is InChI=1S/C18H21NO/c1-11-8-12(2)15(13(3)9-11)14-10-18(20-19-14)16(4-5-16)17(18)6-7-17/h8-9H,4-7,10H2,1-3H3. The molecule has 0 bridgehead atoms. The molecule has 20 heavy (non-hydrogen) atoms. The van der Waals surface area contributed by atoms with Crippen LogP contribution in [0, 0.1) is 31.6 Å². The minimum Gasteiger partial charge on any atom is -0.387 e. The average molecular weight is 267 g/mol. The van der Waals surface area contributed by atoms with Crippen LogP contribution in [0.5, 0.6) is 0 Å². The number of benzene rings is 1. The number of nitrogens with zero attached hydrogens (tertiary/aromatic N) is 1. The van der Waals surface area contributed by atoms with E-state index in [1.165, 1.54) is 53.6 Å². The molecule has 1 aromatic carbocycles. The first kappa shape index (κ1) is 11.4. The van der Waals surface area contributed by atoms with E-state index in [2.05, 4.69) is 38.1 Å². The van der Waals surface area contributed by atoms with Crippen LogP contribution in [0.1, 0.15) is 54.4 Å². The van der Waals surface area contributed by atoms with Gasteiger partial charge in [0.15, 0.2) is 5.60 Å². The Hall–Kier alpha value is -1.31.